The fraction of sp³-hybridized carbons (Fsp3) is 0.0417. The van der Waals surface area contributed by atoms with E-state index in [4.69, 9.17) is 23.2 Å². The van der Waals surface area contributed by atoms with E-state index in [0.29, 0.717) is 10.6 Å². The lowest BCUT2D eigenvalue weighted by molar-refractivity contribution is -0.122. The summed E-state index contributed by atoms with van der Waals surface area (Å²) in [6, 6.07) is 19.1. The van der Waals surface area contributed by atoms with Gasteiger partial charge in [0.2, 0.25) is 0 Å². The van der Waals surface area contributed by atoms with Gasteiger partial charge in [0, 0.05) is 14.8 Å². The first-order valence-corrected chi connectivity index (χ1v) is 11.1. The number of imide groups is 2. The molecule has 32 heavy (non-hydrogen) atoms. The average molecular weight is 483 g/mol. The Morgan fingerprint density at radius 2 is 1.50 bits per heavy atom. The molecule has 1 saturated heterocycles. The highest BCUT2D eigenvalue weighted by molar-refractivity contribution is 7.99. The second-order valence-electron chi connectivity index (χ2n) is 7.04. The van der Waals surface area contributed by atoms with Crippen LogP contribution in [0.4, 0.5) is 10.5 Å². The molecule has 0 aromatic heterocycles. The lowest BCUT2D eigenvalue weighted by Crippen LogP contribution is -2.54. The molecule has 160 valence electrons. The molecule has 5 nitrogen and oxygen atoms in total. The highest BCUT2D eigenvalue weighted by atomic mass is 35.5. The molecule has 0 aliphatic carbocycles. The van der Waals surface area contributed by atoms with E-state index in [2.05, 4.69) is 29.6 Å². The normalized spacial score (nSPS) is 15.3. The molecular formula is C24H16Cl2N2O3S. The van der Waals surface area contributed by atoms with E-state index in [1.165, 1.54) is 29.8 Å². The van der Waals surface area contributed by atoms with Gasteiger partial charge < -0.3 is 0 Å². The molecule has 1 fully saturated rings. The van der Waals surface area contributed by atoms with Gasteiger partial charge in [-0.2, -0.15) is 0 Å². The zero-order valence-electron chi connectivity index (χ0n) is 16.8. The van der Waals surface area contributed by atoms with Crippen LogP contribution in [0.3, 0.4) is 0 Å². The largest absolute Gasteiger partial charge is 0.335 e. The quantitative estimate of drug-likeness (QED) is 0.359. The van der Waals surface area contributed by atoms with Crippen LogP contribution in [-0.2, 0) is 9.59 Å². The second kappa shape index (κ2) is 9.20. The van der Waals surface area contributed by atoms with Crippen molar-refractivity contribution in [1.29, 1.82) is 0 Å². The summed E-state index contributed by atoms with van der Waals surface area (Å²) in [6.45, 7) is 2.04. The molecule has 4 amide bonds. The van der Waals surface area contributed by atoms with Crippen LogP contribution in [0.15, 0.2) is 82.1 Å². The SMILES string of the molecule is Cc1ccc(Sc2ccc(/C=C3\C(=O)NC(=O)N(c4ccc(Cl)cc4Cl)C3=O)cc2)cc1. The summed E-state index contributed by atoms with van der Waals surface area (Å²) in [5, 5.41) is 2.66. The number of nitrogens with one attached hydrogen (secondary N) is 1. The molecule has 0 saturated carbocycles. The number of anilines is 1. The van der Waals surface area contributed by atoms with Gasteiger partial charge in [0.05, 0.1) is 10.7 Å². The molecule has 8 heteroatoms. The Morgan fingerprint density at radius 3 is 2.12 bits per heavy atom. The molecule has 1 aliphatic heterocycles. The van der Waals surface area contributed by atoms with E-state index in [9.17, 15) is 14.4 Å². The monoisotopic (exact) mass is 482 g/mol. The van der Waals surface area contributed by atoms with Crippen molar-refractivity contribution in [1.82, 2.24) is 5.32 Å². The number of hydrogen-bond acceptors (Lipinski definition) is 4. The number of benzene rings is 3. The summed E-state index contributed by atoms with van der Waals surface area (Å²) in [5.74, 6) is -1.53. The van der Waals surface area contributed by atoms with E-state index < -0.39 is 17.8 Å². The van der Waals surface area contributed by atoms with Crippen molar-refractivity contribution >= 4 is 64.6 Å². The van der Waals surface area contributed by atoms with Crippen molar-refractivity contribution < 1.29 is 14.4 Å². The van der Waals surface area contributed by atoms with E-state index in [1.807, 2.05) is 19.1 Å². The Balaban J connectivity index is 1.59. The average Bonchev–Trinajstić information content (AvgIpc) is 2.75. The van der Waals surface area contributed by atoms with Gasteiger partial charge in [-0.25, -0.2) is 9.69 Å². The zero-order chi connectivity index (χ0) is 22.8. The molecule has 0 spiro atoms. The molecule has 3 aromatic carbocycles. The van der Waals surface area contributed by atoms with Crippen LogP contribution in [0.5, 0.6) is 0 Å². The van der Waals surface area contributed by atoms with Crippen molar-refractivity contribution in [3.63, 3.8) is 0 Å². The van der Waals surface area contributed by atoms with Gasteiger partial charge >= 0.3 is 6.03 Å². The molecule has 1 aliphatic rings. The van der Waals surface area contributed by atoms with E-state index in [0.717, 1.165) is 14.7 Å². The Kier molecular flexibility index (Phi) is 6.37. The third-order valence-electron chi connectivity index (χ3n) is 4.70. The predicted molar refractivity (Wildman–Crippen MR) is 127 cm³/mol. The molecule has 0 atom stereocenters. The smallest absolute Gasteiger partial charge is 0.273 e. The summed E-state index contributed by atoms with van der Waals surface area (Å²) in [7, 11) is 0. The molecule has 1 heterocycles. The van der Waals surface area contributed by atoms with Crippen molar-refractivity contribution in [2.45, 2.75) is 16.7 Å². The molecule has 4 rings (SSSR count). The Hall–Kier alpha value is -3.06. The minimum absolute atomic E-state index is 0.118. The fourth-order valence-corrected chi connectivity index (χ4v) is 4.39. The third-order valence-corrected chi connectivity index (χ3v) is 6.25. The van der Waals surface area contributed by atoms with Crippen LogP contribution in [0, 0.1) is 6.92 Å². The summed E-state index contributed by atoms with van der Waals surface area (Å²) >= 11 is 13.7. The molecule has 0 bridgehead atoms. The maximum atomic E-state index is 13.0. The Labute approximate surface area is 199 Å². The predicted octanol–water partition coefficient (Wildman–Crippen LogP) is 6.12. The van der Waals surface area contributed by atoms with E-state index in [-0.39, 0.29) is 16.3 Å². The van der Waals surface area contributed by atoms with E-state index in [1.54, 1.807) is 23.9 Å². The van der Waals surface area contributed by atoms with Crippen molar-refractivity contribution in [3.8, 4) is 0 Å². The number of halogens is 2. The maximum Gasteiger partial charge on any atom is 0.335 e. The Morgan fingerprint density at radius 1 is 0.875 bits per heavy atom. The minimum Gasteiger partial charge on any atom is -0.273 e. The fourth-order valence-electron chi connectivity index (χ4n) is 3.08. The van der Waals surface area contributed by atoms with Crippen molar-refractivity contribution in [2.75, 3.05) is 4.90 Å². The highest BCUT2D eigenvalue weighted by Crippen LogP contribution is 2.32. The van der Waals surface area contributed by atoms with Crippen molar-refractivity contribution in [3.05, 3.63) is 93.5 Å². The summed E-state index contributed by atoms with van der Waals surface area (Å²) in [4.78, 5) is 40.7. The zero-order valence-corrected chi connectivity index (χ0v) is 19.1. The van der Waals surface area contributed by atoms with Gasteiger partial charge in [-0.05, 0) is 61.0 Å². The van der Waals surface area contributed by atoms with Crippen LogP contribution in [0.25, 0.3) is 6.08 Å². The van der Waals surface area contributed by atoms with Crippen LogP contribution < -0.4 is 10.2 Å². The highest BCUT2D eigenvalue weighted by Gasteiger charge is 2.37. The first kappa shape index (κ1) is 22.1. The Bertz CT molecular complexity index is 1260. The van der Waals surface area contributed by atoms with Gasteiger partial charge in [-0.3, -0.25) is 14.9 Å². The van der Waals surface area contributed by atoms with Crippen LogP contribution in [0.1, 0.15) is 11.1 Å². The molecular weight excluding hydrogens is 467 g/mol. The van der Waals surface area contributed by atoms with Gasteiger partial charge in [0.15, 0.2) is 0 Å². The second-order valence-corrected chi connectivity index (χ2v) is 9.03. The number of carbonyl (C=O) groups excluding carboxylic acids is 3. The number of urea groups is 1. The van der Waals surface area contributed by atoms with Gasteiger partial charge in [0.1, 0.15) is 5.57 Å². The van der Waals surface area contributed by atoms with Gasteiger partial charge in [-0.1, -0.05) is 64.8 Å². The maximum absolute atomic E-state index is 13.0. The molecule has 1 N–H and O–H groups in total. The number of hydrogen-bond donors (Lipinski definition) is 1. The van der Waals surface area contributed by atoms with Gasteiger partial charge in [-0.15, -0.1) is 0 Å². The lowest BCUT2D eigenvalue weighted by atomic mass is 10.1. The number of rotatable bonds is 4. The number of nitrogens with zero attached hydrogens (tertiary/aromatic N) is 1. The first-order chi connectivity index (χ1) is 15.3. The first-order valence-electron chi connectivity index (χ1n) is 9.53. The number of amides is 4. The van der Waals surface area contributed by atoms with E-state index >= 15 is 0 Å². The topological polar surface area (TPSA) is 66.5 Å². The number of aryl methyl sites for hydroxylation is 1. The minimum atomic E-state index is -0.869. The third kappa shape index (κ3) is 4.72. The summed E-state index contributed by atoms with van der Waals surface area (Å²) < 4.78 is 0. The van der Waals surface area contributed by atoms with Crippen LogP contribution in [0.2, 0.25) is 10.0 Å². The van der Waals surface area contributed by atoms with Crippen LogP contribution >= 0.6 is 35.0 Å². The molecule has 3 aromatic rings. The molecule has 0 unspecified atom stereocenters. The number of carbonyl (C=O) groups is 3. The molecule has 0 radical (unpaired) electrons. The standard InChI is InChI=1S/C24H16Cl2N2O3S/c1-14-2-7-17(8-3-14)32-18-9-4-15(5-10-18)12-19-22(29)27-24(31)28(23(19)30)21-11-6-16(25)13-20(21)26/h2-13H,1H3,(H,27,29,31)/b19-12+. The summed E-state index contributed by atoms with van der Waals surface area (Å²) in [6.07, 6.45) is 1.45. The number of barbiturate groups is 1. The van der Waals surface area contributed by atoms with Crippen LogP contribution in [-0.4, -0.2) is 17.8 Å². The lowest BCUT2D eigenvalue weighted by Gasteiger charge is -2.27. The van der Waals surface area contributed by atoms with Crippen molar-refractivity contribution in [2.24, 2.45) is 0 Å². The summed E-state index contributed by atoms with van der Waals surface area (Å²) in [5.41, 5.74) is 1.81. The van der Waals surface area contributed by atoms with Gasteiger partial charge in [0.25, 0.3) is 11.8 Å².